The molecule has 2 aromatic heterocycles. The van der Waals surface area contributed by atoms with Gasteiger partial charge in [0.1, 0.15) is 5.82 Å². The summed E-state index contributed by atoms with van der Waals surface area (Å²) < 4.78 is 1.05. The van der Waals surface area contributed by atoms with Crippen LogP contribution in [0.3, 0.4) is 0 Å². The number of carbonyl (C=O) groups is 1. The van der Waals surface area contributed by atoms with Gasteiger partial charge in [0.2, 0.25) is 5.95 Å². The molecule has 1 saturated heterocycles. The van der Waals surface area contributed by atoms with E-state index in [2.05, 4.69) is 10.2 Å². The first-order valence-corrected chi connectivity index (χ1v) is 9.65. The fourth-order valence-electron chi connectivity index (χ4n) is 3.16. The highest BCUT2D eigenvalue weighted by Crippen LogP contribution is 2.29. The summed E-state index contributed by atoms with van der Waals surface area (Å²) in [4.78, 5) is 22.7. The predicted molar refractivity (Wildman–Crippen MR) is 104 cm³/mol. The molecule has 0 saturated carbocycles. The molecule has 3 heterocycles. The van der Waals surface area contributed by atoms with Gasteiger partial charge in [0.25, 0.3) is 0 Å². The van der Waals surface area contributed by atoms with Gasteiger partial charge in [-0.25, -0.2) is 9.78 Å². The summed E-state index contributed by atoms with van der Waals surface area (Å²) in [5, 5.41) is 14.4. The van der Waals surface area contributed by atoms with E-state index in [0.29, 0.717) is 12.1 Å². The van der Waals surface area contributed by atoms with E-state index in [0.717, 1.165) is 40.6 Å². The number of rotatable bonds is 5. The highest BCUT2D eigenvalue weighted by molar-refractivity contribution is 7.17. The van der Waals surface area contributed by atoms with Crippen LogP contribution in [0.4, 0.5) is 11.8 Å². The number of aromatic nitrogens is 2. The molecule has 1 aliphatic heterocycles. The first kappa shape index (κ1) is 16.8. The lowest BCUT2D eigenvalue weighted by atomic mass is 10.1. The largest absolute Gasteiger partial charge is 0.478 e. The molecule has 134 valence electrons. The van der Waals surface area contributed by atoms with Crippen molar-refractivity contribution in [1.82, 2.24) is 9.97 Å². The summed E-state index contributed by atoms with van der Waals surface area (Å²) in [7, 11) is 0. The highest BCUT2D eigenvalue weighted by Gasteiger charge is 2.17. The molecule has 0 spiro atoms. The quantitative estimate of drug-likeness (QED) is 0.709. The van der Waals surface area contributed by atoms with Crippen LogP contribution in [0.15, 0.2) is 35.7 Å². The van der Waals surface area contributed by atoms with Crippen LogP contribution in [-0.2, 0) is 6.54 Å². The van der Waals surface area contributed by atoms with Crippen molar-refractivity contribution in [2.24, 2.45) is 0 Å². The number of carboxylic acid groups (broad SMARTS) is 1. The number of fused-ring (bicyclic) bond motifs is 1. The van der Waals surface area contributed by atoms with Crippen molar-refractivity contribution in [3.05, 3.63) is 46.8 Å². The minimum Gasteiger partial charge on any atom is -0.478 e. The zero-order valence-corrected chi connectivity index (χ0v) is 15.1. The van der Waals surface area contributed by atoms with Crippen molar-refractivity contribution >= 4 is 39.3 Å². The van der Waals surface area contributed by atoms with Crippen LogP contribution in [0.2, 0.25) is 0 Å². The normalized spacial score (nSPS) is 14.5. The van der Waals surface area contributed by atoms with Gasteiger partial charge in [0.05, 0.1) is 15.8 Å². The summed E-state index contributed by atoms with van der Waals surface area (Å²) in [6, 6.07) is 8.93. The Balaban J connectivity index is 1.56. The number of thiophene rings is 1. The van der Waals surface area contributed by atoms with Crippen molar-refractivity contribution in [3.8, 4) is 0 Å². The molecule has 0 unspecified atom stereocenters. The van der Waals surface area contributed by atoms with Gasteiger partial charge in [-0.2, -0.15) is 4.98 Å². The van der Waals surface area contributed by atoms with Crippen LogP contribution in [-0.4, -0.2) is 34.1 Å². The zero-order chi connectivity index (χ0) is 17.9. The Labute approximate surface area is 155 Å². The van der Waals surface area contributed by atoms with E-state index in [1.54, 1.807) is 23.5 Å². The van der Waals surface area contributed by atoms with Crippen molar-refractivity contribution in [2.75, 3.05) is 23.3 Å². The lowest BCUT2D eigenvalue weighted by Gasteiger charge is -2.27. The van der Waals surface area contributed by atoms with E-state index in [-0.39, 0.29) is 0 Å². The maximum atomic E-state index is 11.0. The van der Waals surface area contributed by atoms with Crippen molar-refractivity contribution in [3.63, 3.8) is 0 Å². The number of hydrogen-bond acceptors (Lipinski definition) is 6. The van der Waals surface area contributed by atoms with E-state index < -0.39 is 5.97 Å². The van der Waals surface area contributed by atoms with Crippen molar-refractivity contribution in [1.29, 1.82) is 0 Å². The SMILES string of the molecule is O=C(O)c1ccc(CNc2nc(N3CCCCC3)nc3ccsc23)cc1. The van der Waals surface area contributed by atoms with E-state index in [4.69, 9.17) is 15.1 Å². The molecular formula is C19H20N4O2S. The third-order valence-corrected chi connectivity index (χ3v) is 5.50. The van der Waals surface area contributed by atoms with Gasteiger partial charge in [-0.3, -0.25) is 0 Å². The van der Waals surface area contributed by atoms with Crippen molar-refractivity contribution < 1.29 is 9.90 Å². The molecule has 0 radical (unpaired) electrons. The molecule has 1 fully saturated rings. The molecule has 2 N–H and O–H groups in total. The maximum absolute atomic E-state index is 11.0. The third kappa shape index (κ3) is 3.48. The number of nitrogens with zero attached hydrogens (tertiary/aromatic N) is 3. The van der Waals surface area contributed by atoms with Crippen LogP contribution in [0, 0.1) is 0 Å². The minimum atomic E-state index is -0.910. The van der Waals surface area contributed by atoms with Crippen molar-refractivity contribution in [2.45, 2.75) is 25.8 Å². The van der Waals surface area contributed by atoms with E-state index in [1.807, 2.05) is 23.6 Å². The Morgan fingerprint density at radius 3 is 2.62 bits per heavy atom. The maximum Gasteiger partial charge on any atom is 0.335 e. The first-order chi connectivity index (χ1) is 12.7. The zero-order valence-electron chi connectivity index (χ0n) is 14.3. The molecule has 26 heavy (non-hydrogen) atoms. The van der Waals surface area contributed by atoms with E-state index >= 15 is 0 Å². The van der Waals surface area contributed by atoms with Gasteiger partial charge in [-0.1, -0.05) is 12.1 Å². The smallest absolute Gasteiger partial charge is 0.335 e. The Hall–Kier alpha value is -2.67. The lowest BCUT2D eigenvalue weighted by Crippen LogP contribution is -2.31. The van der Waals surface area contributed by atoms with Crippen LogP contribution in [0.5, 0.6) is 0 Å². The summed E-state index contributed by atoms with van der Waals surface area (Å²) in [6.45, 7) is 2.60. The molecule has 0 amide bonds. The van der Waals surface area contributed by atoms with Crippen LogP contribution < -0.4 is 10.2 Å². The van der Waals surface area contributed by atoms with Gasteiger partial charge in [-0.05, 0) is 48.4 Å². The summed E-state index contributed by atoms with van der Waals surface area (Å²) in [6.07, 6.45) is 3.64. The fraction of sp³-hybridized carbons (Fsp3) is 0.316. The predicted octanol–water partition coefficient (Wildman–Crippen LogP) is 3.99. The van der Waals surface area contributed by atoms with Crippen LogP contribution in [0.25, 0.3) is 10.2 Å². The van der Waals surface area contributed by atoms with Gasteiger partial charge in [0.15, 0.2) is 0 Å². The molecule has 1 aliphatic rings. The Morgan fingerprint density at radius 1 is 1.12 bits per heavy atom. The monoisotopic (exact) mass is 368 g/mol. The molecule has 3 aromatic rings. The number of anilines is 2. The van der Waals surface area contributed by atoms with Gasteiger partial charge in [-0.15, -0.1) is 11.3 Å². The van der Waals surface area contributed by atoms with E-state index in [1.165, 1.54) is 19.3 Å². The molecule has 0 bridgehead atoms. The summed E-state index contributed by atoms with van der Waals surface area (Å²) in [5.41, 5.74) is 2.27. The number of hydrogen-bond donors (Lipinski definition) is 2. The molecule has 4 rings (SSSR count). The second-order valence-electron chi connectivity index (χ2n) is 6.41. The fourth-order valence-corrected chi connectivity index (χ4v) is 3.95. The summed E-state index contributed by atoms with van der Waals surface area (Å²) >= 11 is 1.63. The van der Waals surface area contributed by atoms with Gasteiger partial charge < -0.3 is 15.3 Å². The highest BCUT2D eigenvalue weighted by atomic mass is 32.1. The van der Waals surface area contributed by atoms with Crippen LogP contribution in [0.1, 0.15) is 35.2 Å². The third-order valence-electron chi connectivity index (χ3n) is 4.59. The van der Waals surface area contributed by atoms with E-state index in [9.17, 15) is 4.79 Å². The Bertz CT molecular complexity index is 917. The molecule has 0 atom stereocenters. The minimum absolute atomic E-state index is 0.295. The lowest BCUT2D eigenvalue weighted by molar-refractivity contribution is 0.0697. The number of aromatic carboxylic acids is 1. The van der Waals surface area contributed by atoms with Gasteiger partial charge in [0, 0.05) is 19.6 Å². The standard InChI is InChI=1S/C19H20N4O2S/c24-18(25)14-6-4-13(5-7-14)12-20-17-16-15(8-11-26-16)21-19(22-17)23-9-2-1-3-10-23/h4-8,11H,1-3,9-10,12H2,(H,24,25)(H,20,21,22). The molecule has 0 aliphatic carbocycles. The van der Waals surface area contributed by atoms with Crippen LogP contribution >= 0.6 is 11.3 Å². The Kier molecular flexibility index (Phi) is 4.71. The average molecular weight is 368 g/mol. The topological polar surface area (TPSA) is 78.3 Å². The Morgan fingerprint density at radius 2 is 1.88 bits per heavy atom. The van der Waals surface area contributed by atoms with Gasteiger partial charge >= 0.3 is 5.97 Å². The average Bonchev–Trinajstić information content (AvgIpc) is 3.16. The number of piperidine rings is 1. The molecule has 7 heteroatoms. The second-order valence-corrected chi connectivity index (χ2v) is 7.33. The number of nitrogens with one attached hydrogen (secondary N) is 1. The first-order valence-electron chi connectivity index (χ1n) is 8.77. The molecule has 6 nitrogen and oxygen atoms in total. The second kappa shape index (κ2) is 7.29. The molecular weight excluding hydrogens is 348 g/mol. The molecule has 1 aromatic carbocycles. The number of carboxylic acids is 1. The number of benzene rings is 1. The summed E-state index contributed by atoms with van der Waals surface area (Å²) in [5.74, 6) is 0.721.